The smallest absolute Gasteiger partial charge is 0.162 e. The summed E-state index contributed by atoms with van der Waals surface area (Å²) in [6, 6.07) is 58.5. The molecule has 0 fully saturated rings. The zero-order valence-corrected chi connectivity index (χ0v) is 27.7. The van der Waals surface area contributed by atoms with E-state index >= 15 is 0 Å². The molecule has 232 valence electrons. The summed E-state index contributed by atoms with van der Waals surface area (Å²) in [5, 5.41) is 12.8. The van der Waals surface area contributed by atoms with Crippen LogP contribution in [-0.4, -0.2) is 14.5 Å². The van der Waals surface area contributed by atoms with Gasteiger partial charge in [-0.05, 0) is 33.0 Å². The molecule has 50 heavy (non-hydrogen) atoms. The monoisotopic (exact) mass is 653 g/mol. The van der Waals surface area contributed by atoms with Gasteiger partial charge in [0.05, 0.1) is 21.4 Å². The van der Waals surface area contributed by atoms with Gasteiger partial charge in [0.25, 0.3) is 0 Å². The van der Waals surface area contributed by atoms with Crippen LogP contribution in [0.1, 0.15) is 0 Å². The summed E-state index contributed by atoms with van der Waals surface area (Å²) in [6.07, 6.45) is 0. The lowest BCUT2D eigenvalue weighted by Gasteiger charge is -2.13. The van der Waals surface area contributed by atoms with Crippen LogP contribution in [0.15, 0.2) is 164 Å². The molecule has 0 radical (unpaired) electrons. The molecule has 0 N–H and O–H groups in total. The third-order valence-electron chi connectivity index (χ3n) is 10.2. The molecule has 0 aliphatic heterocycles. The molecule has 0 bridgehead atoms. The third kappa shape index (κ3) is 3.85. The molecule has 0 saturated heterocycles. The summed E-state index contributed by atoms with van der Waals surface area (Å²) in [6.45, 7) is 0. The van der Waals surface area contributed by atoms with E-state index in [2.05, 4.69) is 156 Å². The van der Waals surface area contributed by atoms with Gasteiger partial charge in [0.1, 0.15) is 5.82 Å². The molecule has 11 aromatic rings. The van der Waals surface area contributed by atoms with Crippen molar-refractivity contribution in [3.8, 4) is 28.5 Å². The van der Waals surface area contributed by atoms with E-state index in [0.29, 0.717) is 5.82 Å². The van der Waals surface area contributed by atoms with Crippen LogP contribution < -0.4 is 0 Å². The van der Waals surface area contributed by atoms with Crippen LogP contribution in [0.2, 0.25) is 0 Å². The first-order valence-electron chi connectivity index (χ1n) is 16.9. The van der Waals surface area contributed by atoms with Crippen molar-refractivity contribution in [3.63, 3.8) is 0 Å². The topological polar surface area (TPSA) is 30.7 Å². The fourth-order valence-corrected chi connectivity index (χ4v) is 9.47. The Bertz CT molecular complexity index is 3080. The first kappa shape index (κ1) is 27.6. The standard InChI is InChI=1S/C46H27N3S/c1-3-15-28(16-4-1)37-27-39(48-46(47-37)29-17-5-2-6-18-29)49-38-26-14-13-25-36(38)40-33-22-10-11-23-34(33)42-41-32-21-9-7-19-30(32)31-20-8-12-24-35(31)44(41)50-45(42)43(40)49/h1-27H. The molecule has 11 rings (SSSR count). The summed E-state index contributed by atoms with van der Waals surface area (Å²) in [4.78, 5) is 10.5. The maximum atomic E-state index is 5.37. The van der Waals surface area contributed by atoms with Gasteiger partial charge in [-0.1, -0.05) is 152 Å². The minimum atomic E-state index is 0.707. The van der Waals surface area contributed by atoms with Crippen molar-refractivity contribution >= 4 is 85.6 Å². The number of hydrogen-bond donors (Lipinski definition) is 0. The Morgan fingerprint density at radius 2 is 0.900 bits per heavy atom. The highest BCUT2D eigenvalue weighted by atomic mass is 32.1. The van der Waals surface area contributed by atoms with E-state index in [1.807, 2.05) is 23.5 Å². The van der Waals surface area contributed by atoms with Crippen LogP contribution in [0.5, 0.6) is 0 Å². The molecule has 8 aromatic carbocycles. The van der Waals surface area contributed by atoms with Crippen LogP contribution in [0.4, 0.5) is 0 Å². The van der Waals surface area contributed by atoms with E-state index in [9.17, 15) is 0 Å². The molecule has 3 aromatic heterocycles. The van der Waals surface area contributed by atoms with Crippen LogP contribution in [0.25, 0.3) is 103 Å². The van der Waals surface area contributed by atoms with Gasteiger partial charge in [0.2, 0.25) is 0 Å². The van der Waals surface area contributed by atoms with Crippen LogP contribution in [0, 0.1) is 0 Å². The SMILES string of the molecule is c1ccc(-c2cc(-n3c4ccccc4c4c5ccccc5c5c(sc6c7ccccc7c7ccccc7c65)c43)nc(-c3ccccc3)n2)cc1. The maximum absolute atomic E-state index is 5.37. The van der Waals surface area contributed by atoms with Gasteiger partial charge in [-0.15, -0.1) is 11.3 Å². The first-order valence-corrected chi connectivity index (χ1v) is 17.7. The molecule has 3 nitrogen and oxygen atoms in total. The highest BCUT2D eigenvalue weighted by molar-refractivity contribution is 7.28. The van der Waals surface area contributed by atoms with Gasteiger partial charge in [-0.2, -0.15) is 0 Å². The lowest BCUT2D eigenvalue weighted by atomic mass is 9.94. The zero-order chi connectivity index (χ0) is 32.8. The van der Waals surface area contributed by atoms with Crippen molar-refractivity contribution in [2.24, 2.45) is 0 Å². The van der Waals surface area contributed by atoms with E-state index in [1.54, 1.807) is 0 Å². The van der Waals surface area contributed by atoms with Gasteiger partial charge in [0.15, 0.2) is 5.82 Å². The largest absolute Gasteiger partial charge is 0.292 e. The predicted molar refractivity (Wildman–Crippen MR) is 213 cm³/mol. The average Bonchev–Trinajstić information content (AvgIpc) is 3.77. The zero-order valence-electron chi connectivity index (χ0n) is 26.8. The van der Waals surface area contributed by atoms with E-state index in [-0.39, 0.29) is 0 Å². The Morgan fingerprint density at radius 1 is 0.400 bits per heavy atom. The van der Waals surface area contributed by atoms with Crippen molar-refractivity contribution in [1.82, 2.24) is 14.5 Å². The number of aromatic nitrogens is 3. The normalized spacial score (nSPS) is 12.0. The number of hydrogen-bond acceptors (Lipinski definition) is 3. The van der Waals surface area contributed by atoms with Crippen molar-refractivity contribution in [1.29, 1.82) is 0 Å². The minimum absolute atomic E-state index is 0.707. The Morgan fingerprint density at radius 3 is 1.60 bits per heavy atom. The lowest BCUT2D eigenvalue weighted by molar-refractivity contribution is 1.05. The molecule has 0 unspecified atom stereocenters. The molecular weight excluding hydrogens is 627 g/mol. The summed E-state index contributed by atoms with van der Waals surface area (Å²) in [7, 11) is 0. The maximum Gasteiger partial charge on any atom is 0.162 e. The summed E-state index contributed by atoms with van der Waals surface area (Å²) in [5.41, 5.74) is 5.26. The molecule has 0 saturated carbocycles. The molecular formula is C46H27N3S. The van der Waals surface area contributed by atoms with Crippen molar-refractivity contribution in [2.75, 3.05) is 0 Å². The molecule has 0 aliphatic carbocycles. The first-order chi connectivity index (χ1) is 24.8. The minimum Gasteiger partial charge on any atom is -0.292 e. The Labute approximate surface area is 291 Å². The number of rotatable bonds is 3. The Balaban J connectivity index is 1.39. The number of para-hydroxylation sites is 1. The van der Waals surface area contributed by atoms with Gasteiger partial charge in [-0.3, -0.25) is 4.57 Å². The van der Waals surface area contributed by atoms with Crippen LogP contribution in [0.3, 0.4) is 0 Å². The summed E-state index contributed by atoms with van der Waals surface area (Å²) < 4.78 is 4.99. The van der Waals surface area contributed by atoms with Crippen molar-refractivity contribution in [2.45, 2.75) is 0 Å². The second-order valence-electron chi connectivity index (χ2n) is 12.9. The highest BCUT2D eigenvalue weighted by Gasteiger charge is 2.24. The van der Waals surface area contributed by atoms with E-state index in [0.717, 1.165) is 28.2 Å². The lowest BCUT2D eigenvalue weighted by Crippen LogP contribution is -2.02. The van der Waals surface area contributed by atoms with Gasteiger partial charge in [-0.25, -0.2) is 9.97 Å². The van der Waals surface area contributed by atoms with Crippen LogP contribution in [-0.2, 0) is 0 Å². The molecule has 0 amide bonds. The molecule has 0 spiro atoms. The Kier molecular flexibility index (Phi) is 5.83. The number of benzene rings is 8. The highest BCUT2D eigenvalue weighted by Crippen LogP contribution is 2.51. The van der Waals surface area contributed by atoms with E-state index < -0.39 is 0 Å². The third-order valence-corrected chi connectivity index (χ3v) is 11.4. The molecule has 0 atom stereocenters. The van der Waals surface area contributed by atoms with E-state index in [1.165, 1.54) is 68.8 Å². The van der Waals surface area contributed by atoms with Gasteiger partial charge in [0, 0.05) is 48.8 Å². The van der Waals surface area contributed by atoms with Gasteiger partial charge < -0.3 is 0 Å². The average molecular weight is 654 g/mol. The number of nitrogens with zero attached hydrogens (tertiary/aromatic N) is 3. The van der Waals surface area contributed by atoms with Crippen molar-refractivity contribution in [3.05, 3.63) is 164 Å². The van der Waals surface area contributed by atoms with Gasteiger partial charge >= 0.3 is 0 Å². The quantitative estimate of drug-likeness (QED) is 0.178. The van der Waals surface area contributed by atoms with E-state index in [4.69, 9.17) is 9.97 Å². The second kappa shape index (κ2) is 10.6. The Hall–Kier alpha value is -6.36. The summed E-state index contributed by atoms with van der Waals surface area (Å²) in [5.74, 6) is 1.56. The second-order valence-corrected chi connectivity index (χ2v) is 13.9. The number of thiophene rings is 1. The predicted octanol–water partition coefficient (Wildman–Crippen LogP) is 12.7. The molecule has 4 heteroatoms. The number of fused-ring (bicyclic) bond motifs is 15. The molecule has 0 aliphatic rings. The summed E-state index contributed by atoms with van der Waals surface area (Å²) >= 11 is 1.91. The van der Waals surface area contributed by atoms with Crippen molar-refractivity contribution < 1.29 is 0 Å². The fourth-order valence-electron chi connectivity index (χ4n) is 8.06. The fraction of sp³-hybridized carbons (Fsp3) is 0. The van der Waals surface area contributed by atoms with Crippen LogP contribution >= 0.6 is 11.3 Å². The molecule has 3 heterocycles.